The Labute approximate surface area is 103 Å². The molecule has 3 N–H and O–H groups in total. The fraction of sp³-hybridized carbons (Fsp3) is 0.667. The van der Waals surface area contributed by atoms with Gasteiger partial charge in [0.05, 0.1) is 0 Å². The Kier molecular flexibility index (Phi) is 5.69. The fourth-order valence-corrected chi connectivity index (χ4v) is 1.58. The second-order valence-electron chi connectivity index (χ2n) is 4.07. The molecule has 0 aromatic carbocycles. The van der Waals surface area contributed by atoms with Gasteiger partial charge in [0, 0.05) is 32.2 Å². The highest BCUT2D eigenvalue weighted by Gasteiger charge is 2.06. The topological polar surface area (TPSA) is 70.1 Å². The van der Waals surface area contributed by atoms with Gasteiger partial charge in [-0.05, 0) is 19.8 Å². The van der Waals surface area contributed by atoms with E-state index in [9.17, 15) is 0 Å². The van der Waals surface area contributed by atoms with Crippen molar-refractivity contribution in [3.8, 4) is 0 Å². The molecule has 0 aliphatic carbocycles. The molecule has 5 heteroatoms. The monoisotopic (exact) mass is 238 g/mol. The zero-order chi connectivity index (χ0) is 12.7. The molecule has 1 heterocycles. The van der Waals surface area contributed by atoms with Crippen LogP contribution in [0, 0.1) is 0 Å². The van der Waals surface area contributed by atoms with Gasteiger partial charge in [0.15, 0.2) is 0 Å². The van der Waals surface area contributed by atoms with E-state index in [1.807, 2.05) is 20.0 Å². The number of rotatable bonds is 7. The molecule has 0 bridgehead atoms. The van der Waals surface area contributed by atoms with Gasteiger partial charge in [0.2, 0.25) is 0 Å². The lowest BCUT2D eigenvalue weighted by Crippen LogP contribution is -2.17. The summed E-state index contributed by atoms with van der Waals surface area (Å²) in [5.74, 6) is 2.49. The van der Waals surface area contributed by atoms with E-state index in [0.29, 0.717) is 6.04 Å². The number of aromatic nitrogens is 2. The van der Waals surface area contributed by atoms with E-state index in [4.69, 9.17) is 5.11 Å². The highest BCUT2D eigenvalue weighted by atomic mass is 16.2. The SMILES string of the molecule is CCc1nc(NC)cc(NC(C)CCCO)n1. The number of aryl methyl sites for hydroxylation is 1. The van der Waals surface area contributed by atoms with Crippen molar-refractivity contribution in [2.45, 2.75) is 39.2 Å². The normalized spacial score (nSPS) is 12.2. The number of aliphatic hydroxyl groups excluding tert-OH is 1. The van der Waals surface area contributed by atoms with Gasteiger partial charge < -0.3 is 15.7 Å². The average molecular weight is 238 g/mol. The Morgan fingerprint density at radius 3 is 2.65 bits per heavy atom. The van der Waals surface area contributed by atoms with Gasteiger partial charge in [0.25, 0.3) is 0 Å². The summed E-state index contributed by atoms with van der Waals surface area (Å²) in [6.45, 7) is 4.36. The van der Waals surface area contributed by atoms with Crippen LogP contribution in [0.15, 0.2) is 6.07 Å². The minimum Gasteiger partial charge on any atom is -0.396 e. The summed E-state index contributed by atoms with van der Waals surface area (Å²) in [6, 6.07) is 2.20. The zero-order valence-corrected chi connectivity index (χ0v) is 10.8. The van der Waals surface area contributed by atoms with Crippen LogP contribution in [0.2, 0.25) is 0 Å². The van der Waals surface area contributed by atoms with Gasteiger partial charge in [-0.25, -0.2) is 9.97 Å². The first-order chi connectivity index (χ1) is 8.19. The van der Waals surface area contributed by atoms with E-state index in [-0.39, 0.29) is 6.61 Å². The lowest BCUT2D eigenvalue weighted by Gasteiger charge is -2.15. The Hall–Kier alpha value is -1.36. The summed E-state index contributed by atoms with van der Waals surface area (Å²) in [7, 11) is 1.85. The van der Waals surface area contributed by atoms with Gasteiger partial charge in [0.1, 0.15) is 17.5 Å². The summed E-state index contributed by atoms with van der Waals surface area (Å²) in [5, 5.41) is 15.1. The van der Waals surface area contributed by atoms with Crippen molar-refractivity contribution >= 4 is 11.6 Å². The van der Waals surface area contributed by atoms with Crippen LogP contribution in [0.4, 0.5) is 11.6 Å². The number of anilines is 2. The number of nitrogens with one attached hydrogen (secondary N) is 2. The van der Waals surface area contributed by atoms with Crippen LogP contribution in [0.1, 0.15) is 32.5 Å². The minimum absolute atomic E-state index is 0.234. The highest BCUT2D eigenvalue weighted by molar-refractivity contribution is 5.47. The van der Waals surface area contributed by atoms with Crippen molar-refractivity contribution in [2.75, 3.05) is 24.3 Å². The molecule has 0 spiro atoms. The second kappa shape index (κ2) is 7.06. The maximum absolute atomic E-state index is 8.78. The van der Waals surface area contributed by atoms with Gasteiger partial charge in [-0.2, -0.15) is 0 Å². The van der Waals surface area contributed by atoms with Crippen molar-refractivity contribution in [3.63, 3.8) is 0 Å². The second-order valence-corrected chi connectivity index (χ2v) is 4.07. The smallest absolute Gasteiger partial charge is 0.132 e. The molecule has 1 unspecified atom stereocenters. The molecule has 1 aromatic heterocycles. The molecule has 0 saturated heterocycles. The third-order valence-corrected chi connectivity index (χ3v) is 2.53. The summed E-state index contributed by atoms with van der Waals surface area (Å²) in [6.07, 6.45) is 2.55. The summed E-state index contributed by atoms with van der Waals surface area (Å²) in [4.78, 5) is 8.76. The van der Waals surface area contributed by atoms with Gasteiger partial charge in [-0.1, -0.05) is 6.92 Å². The maximum Gasteiger partial charge on any atom is 0.132 e. The zero-order valence-electron chi connectivity index (χ0n) is 10.8. The fourth-order valence-electron chi connectivity index (χ4n) is 1.58. The van der Waals surface area contributed by atoms with Crippen molar-refractivity contribution in [1.82, 2.24) is 9.97 Å². The third-order valence-electron chi connectivity index (χ3n) is 2.53. The minimum atomic E-state index is 0.234. The lowest BCUT2D eigenvalue weighted by atomic mass is 10.2. The number of hydrogen-bond donors (Lipinski definition) is 3. The molecule has 0 radical (unpaired) electrons. The lowest BCUT2D eigenvalue weighted by molar-refractivity contribution is 0.282. The molecule has 0 aliphatic rings. The van der Waals surface area contributed by atoms with Crippen LogP contribution in [0.5, 0.6) is 0 Å². The van der Waals surface area contributed by atoms with Crippen molar-refractivity contribution < 1.29 is 5.11 Å². The molecule has 17 heavy (non-hydrogen) atoms. The van der Waals surface area contributed by atoms with Gasteiger partial charge in [-0.15, -0.1) is 0 Å². The molecular formula is C12H22N4O. The van der Waals surface area contributed by atoms with Crippen molar-refractivity contribution in [3.05, 3.63) is 11.9 Å². The first-order valence-electron chi connectivity index (χ1n) is 6.12. The predicted octanol–water partition coefficient (Wildman–Crippen LogP) is 1.65. The van der Waals surface area contributed by atoms with Crippen molar-refractivity contribution in [2.24, 2.45) is 0 Å². The molecule has 0 amide bonds. The molecule has 96 valence electrons. The summed E-state index contributed by atoms with van der Waals surface area (Å²) >= 11 is 0. The Balaban J connectivity index is 2.68. The van der Waals surface area contributed by atoms with Crippen LogP contribution in [-0.2, 0) is 6.42 Å². The maximum atomic E-state index is 8.78. The molecule has 0 saturated carbocycles. The molecule has 0 fully saturated rings. The van der Waals surface area contributed by atoms with E-state index in [0.717, 1.165) is 36.7 Å². The largest absolute Gasteiger partial charge is 0.396 e. The quantitative estimate of drug-likeness (QED) is 0.674. The first kappa shape index (κ1) is 13.7. The molecule has 5 nitrogen and oxygen atoms in total. The number of nitrogens with zero attached hydrogens (tertiary/aromatic N) is 2. The van der Waals surface area contributed by atoms with Gasteiger partial charge in [-0.3, -0.25) is 0 Å². The number of aliphatic hydroxyl groups is 1. The van der Waals surface area contributed by atoms with E-state index in [1.54, 1.807) is 0 Å². The Morgan fingerprint density at radius 1 is 1.35 bits per heavy atom. The summed E-state index contributed by atoms with van der Waals surface area (Å²) in [5.41, 5.74) is 0. The van der Waals surface area contributed by atoms with Crippen LogP contribution in [0.3, 0.4) is 0 Å². The molecular weight excluding hydrogens is 216 g/mol. The number of hydrogen-bond acceptors (Lipinski definition) is 5. The van der Waals surface area contributed by atoms with E-state index >= 15 is 0 Å². The van der Waals surface area contributed by atoms with Crippen LogP contribution in [-0.4, -0.2) is 34.8 Å². The van der Waals surface area contributed by atoms with E-state index in [1.165, 1.54) is 0 Å². The third kappa shape index (κ3) is 4.56. The van der Waals surface area contributed by atoms with Crippen LogP contribution in [0.25, 0.3) is 0 Å². The predicted molar refractivity (Wildman–Crippen MR) is 70.4 cm³/mol. The molecule has 1 atom stereocenters. The molecule has 1 rings (SSSR count). The van der Waals surface area contributed by atoms with E-state index < -0.39 is 0 Å². The van der Waals surface area contributed by atoms with Crippen molar-refractivity contribution in [1.29, 1.82) is 0 Å². The molecule has 1 aromatic rings. The Bertz CT molecular complexity index is 321. The van der Waals surface area contributed by atoms with Gasteiger partial charge >= 0.3 is 0 Å². The van der Waals surface area contributed by atoms with Crippen LogP contribution < -0.4 is 10.6 Å². The highest BCUT2D eigenvalue weighted by Crippen LogP contribution is 2.13. The standard InChI is InChI=1S/C12H22N4O/c1-4-10-15-11(13-3)8-12(16-10)14-9(2)6-5-7-17/h8-9,17H,4-7H2,1-3H3,(H2,13,14,15,16). The Morgan fingerprint density at radius 2 is 2.06 bits per heavy atom. The average Bonchev–Trinajstić information content (AvgIpc) is 2.35. The summed E-state index contributed by atoms with van der Waals surface area (Å²) < 4.78 is 0. The van der Waals surface area contributed by atoms with E-state index in [2.05, 4.69) is 27.5 Å². The molecule has 0 aliphatic heterocycles. The first-order valence-corrected chi connectivity index (χ1v) is 6.12. The van der Waals surface area contributed by atoms with Crippen LogP contribution >= 0.6 is 0 Å².